The van der Waals surface area contributed by atoms with Crippen LogP contribution in [0.25, 0.3) is 0 Å². The number of epoxide rings is 1. The Morgan fingerprint density at radius 2 is 1.88 bits per heavy atom. The van der Waals surface area contributed by atoms with Gasteiger partial charge in [-0.15, -0.1) is 0 Å². The zero-order chi connectivity index (χ0) is 10.2. The molecule has 4 heteroatoms. The Hall–Kier alpha value is -0.640. The topological polar surface area (TPSA) is 55.7 Å². The lowest BCUT2D eigenvalue weighted by Gasteiger charge is -2.47. The fourth-order valence-corrected chi connectivity index (χ4v) is 8.72. The van der Waals surface area contributed by atoms with Crippen LogP contribution in [0.5, 0.6) is 0 Å². The van der Waals surface area contributed by atoms with Crippen molar-refractivity contribution in [2.75, 3.05) is 0 Å². The van der Waals surface area contributed by atoms with Crippen molar-refractivity contribution in [3.63, 3.8) is 0 Å². The zero-order valence-corrected chi connectivity index (χ0v) is 8.63. The Bertz CT molecular complexity index is 536. The van der Waals surface area contributed by atoms with Gasteiger partial charge in [-0.2, -0.15) is 0 Å². The summed E-state index contributed by atoms with van der Waals surface area (Å²) in [7, 11) is 0. The van der Waals surface area contributed by atoms with E-state index in [0.29, 0.717) is 35.5 Å². The average molecular weight is 217 g/mol. The molecule has 1 saturated heterocycles. The second kappa shape index (κ2) is 1.30. The first-order valence-electron chi connectivity index (χ1n) is 6.57. The molecule has 0 aromatic carbocycles. The summed E-state index contributed by atoms with van der Waals surface area (Å²) in [5.41, 5.74) is -0.251. The highest BCUT2D eigenvalue weighted by Gasteiger charge is 3.13. The minimum absolute atomic E-state index is 0.0452. The van der Waals surface area contributed by atoms with E-state index in [1.807, 2.05) is 0 Å². The van der Waals surface area contributed by atoms with E-state index in [2.05, 4.69) is 0 Å². The molecule has 8 fully saturated rings. The summed E-state index contributed by atoms with van der Waals surface area (Å²) < 4.78 is 6.25. The number of ether oxygens (including phenoxy) is 1. The lowest BCUT2D eigenvalue weighted by atomic mass is 9.54. The van der Waals surface area contributed by atoms with Gasteiger partial charge in [-0.25, -0.2) is 0 Å². The first-order valence-corrected chi connectivity index (χ1v) is 6.57. The Labute approximate surface area is 91.5 Å². The molecular formula is C12H11NO3. The highest BCUT2D eigenvalue weighted by atomic mass is 16.7. The van der Waals surface area contributed by atoms with Gasteiger partial charge >= 0.3 is 0 Å². The quantitative estimate of drug-likeness (QED) is 0.369. The summed E-state index contributed by atoms with van der Waals surface area (Å²) in [6, 6.07) is 0. The van der Waals surface area contributed by atoms with Gasteiger partial charge in [-0.1, -0.05) is 0 Å². The average Bonchev–Trinajstić information content (AvgIpc) is 2.41. The molecule has 0 aromatic heterocycles. The molecule has 2 spiro atoms. The molecule has 0 aromatic rings. The largest absolute Gasteiger partial charge is 0.361 e. The van der Waals surface area contributed by atoms with Crippen molar-refractivity contribution >= 4 is 0 Å². The predicted molar refractivity (Wildman–Crippen MR) is 49.9 cm³/mol. The molecule has 0 radical (unpaired) electrons. The molecule has 8 rings (SSSR count). The van der Waals surface area contributed by atoms with E-state index in [1.165, 1.54) is 6.42 Å². The Balaban J connectivity index is 1.72. The highest BCUT2D eigenvalue weighted by molar-refractivity contribution is 5.57. The van der Waals surface area contributed by atoms with Crippen LogP contribution in [-0.4, -0.2) is 21.7 Å². The van der Waals surface area contributed by atoms with Crippen LogP contribution in [0.1, 0.15) is 12.8 Å². The molecule has 7 saturated carbocycles. The van der Waals surface area contributed by atoms with E-state index in [0.717, 1.165) is 12.3 Å². The van der Waals surface area contributed by atoms with Crippen molar-refractivity contribution in [2.24, 2.45) is 41.4 Å². The van der Waals surface area contributed by atoms with Gasteiger partial charge in [-0.05, 0) is 24.7 Å². The summed E-state index contributed by atoms with van der Waals surface area (Å²) in [5, 5.41) is 11.6. The lowest BCUT2D eigenvalue weighted by Crippen LogP contribution is -2.64. The number of nitro groups is 1. The van der Waals surface area contributed by atoms with Crippen LogP contribution in [0.15, 0.2) is 0 Å². The molecule has 0 unspecified atom stereocenters. The van der Waals surface area contributed by atoms with Gasteiger partial charge in [-0.3, -0.25) is 10.1 Å². The molecule has 16 heavy (non-hydrogen) atoms. The van der Waals surface area contributed by atoms with Crippen molar-refractivity contribution < 1.29 is 9.66 Å². The summed E-state index contributed by atoms with van der Waals surface area (Å²) in [4.78, 5) is 11.8. The minimum Gasteiger partial charge on any atom is -0.361 e. The molecule has 1 aliphatic heterocycles. The predicted octanol–water partition coefficient (Wildman–Crippen LogP) is 0.685. The van der Waals surface area contributed by atoms with E-state index in [9.17, 15) is 10.1 Å². The second-order valence-corrected chi connectivity index (χ2v) is 7.31. The Morgan fingerprint density at radius 1 is 1.12 bits per heavy atom. The summed E-state index contributed by atoms with van der Waals surface area (Å²) >= 11 is 0. The van der Waals surface area contributed by atoms with E-state index in [1.54, 1.807) is 0 Å². The number of nitrogens with zero attached hydrogens (tertiary/aromatic N) is 1. The van der Waals surface area contributed by atoms with Crippen LogP contribution in [0.2, 0.25) is 0 Å². The SMILES string of the molecule is O=[N+]([O-])[C@@]12[C@@H]3[C@H]4[C@@H]1[C@@H]1C[C@@H]2[C@@]25O[C@@]12[C@@H]4C[C@H]35. The van der Waals surface area contributed by atoms with Gasteiger partial charge in [0.25, 0.3) is 0 Å². The fourth-order valence-electron chi connectivity index (χ4n) is 8.72. The highest BCUT2D eigenvalue weighted by Crippen LogP contribution is 3.02. The summed E-state index contributed by atoms with van der Waals surface area (Å²) in [5.74, 6) is 3.75. The van der Waals surface area contributed by atoms with Gasteiger partial charge in [0, 0.05) is 28.6 Å². The van der Waals surface area contributed by atoms with E-state index in [4.69, 9.17) is 4.74 Å². The van der Waals surface area contributed by atoms with Gasteiger partial charge in [0.2, 0.25) is 5.54 Å². The molecular weight excluding hydrogens is 206 g/mol. The molecule has 0 N–H and O–H groups in total. The molecule has 7 aliphatic carbocycles. The maximum absolute atomic E-state index is 11.6. The molecule has 82 valence electrons. The first kappa shape index (κ1) is 6.94. The summed E-state index contributed by atoms with van der Waals surface area (Å²) in [6.45, 7) is 0. The maximum atomic E-state index is 11.6. The van der Waals surface area contributed by atoms with Crippen molar-refractivity contribution in [2.45, 2.75) is 29.6 Å². The third-order valence-electron chi connectivity index (χ3n) is 8.18. The van der Waals surface area contributed by atoms with E-state index in [-0.39, 0.29) is 16.1 Å². The smallest absolute Gasteiger partial charge is 0.234 e. The van der Waals surface area contributed by atoms with Crippen molar-refractivity contribution in [3.05, 3.63) is 10.1 Å². The number of rotatable bonds is 1. The molecule has 10 atom stereocenters. The Kier molecular flexibility index (Phi) is 0.565. The van der Waals surface area contributed by atoms with E-state index < -0.39 is 5.54 Å². The fraction of sp³-hybridized carbons (Fsp3) is 1.00. The summed E-state index contributed by atoms with van der Waals surface area (Å²) in [6.07, 6.45) is 2.40. The zero-order valence-electron chi connectivity index (χ0n) is 8.63. The molecule has 4 nitrogen and oxygen atoms in total. The van der Waals surface area contributed by atoms with Crippen LogP contribution in [0.4, 0.5) is 0 Å². The first-order chi connectivity index (χ1) is 7.72. The minimum atomic E-state index is -0.495. The van der Waals surface area contributed by atoms with Crippen LogP contribution >= 0.6 is 0 Å². The van der Waals surface area contributed by atoms with Crippen molar-refractivity contribution in [1.82, 2.24) is 0 Å². The van der Waals surface area contributed by atoms with Gasteiger partial charge < -0.3 is 4.74 Å². The van der Waals surface area contributed by atoms with E-state index >= 15 is 0 Å². The van der Waals surface area contributed by atoms with Gasteiger partial charge in [0.1, 0.15) is 11.2 Å². The monoisotopic (exact) mass is 217 g/mol. The molecule has 8 aliphatic rings. The van der Waals surface area contributed by atoms with Crippen LogP contribution < -0.4 is 0 Å². The molecule has 0 amide bonds. The number of hydrogen-bond acceptors (Lipinski definition) is 3. The molecule has 4 bridgehead atoms. The Morgan fingerprint density at radius 3 is 2.62 bits per heavy atom. The standard InChI is InChI=1S/C12H11NO3/c14-13(15)10-6-2-5-9(10)7-3-1-4(8(7)10)12(6)11(3,5)16-12/h3-9H,1-2H2/t3-,4-,5+,6+,7+,8+,9+,10+,11+,12-/m1/s1. The second-order valence-electron chi connectivity index (χ2n) is 7.31. The van der Waals surface area contributed by atoms with Crippen LogP contribution in [0, 0.1) is 51.5 Å². The normalized spacial score (nSPS) is 89.1. The van der Waals surface area contributed by atoms with Crippen LogP contribution in [0.3, 0.4) is 0 Å². The molecule has 1 heterocycles. The number of hydrogen-bond donors (Lipinski definition) is 0. The van der Waals surface area contributed by atoms with Crippen molar-refractivity contribution in [1.29, 1.82) is 0 Å². The van der Waals surface area contributed by atoms with Gasteiger partial charge in [0.05, 0.1) is 5.92 Å². The third kappa shape index (κ3) is 0.261. The van der Waals surface area contributed by atoms with Gasteiger partial charge in [0.15, 0.2) is 0 Å². The van der Waals surface area contributed by atoms with Crippen LogP contribution in [-0.2, 0) is 4.74 Å². The lowest BCUT2D eigenvalue weighted by molar-refractivity contribution is -0.618. The maximum Gasteiger partial charge on any atom is 0.234 e. The van der Waals surface area contributed by atoms with Crippen molar-refractivity contribution in [3.8, 4) is 0 Å². The third-order valence-corrected chi connectivity index (χ3v) is 8.18.